The molecule has 0 saturated carbocycles. The number of carbonyl (C=O) groups is 2. The predicted molar refractivity (Wildman–Crippen MR) is 109 cm³/mol. The molecule has 3 rings (SSSR count). The number of rotatable bonds is 4. The van der Waals surface area contributed by atoms with Gasteiger partial charge in [0.05, 0.1) is 7.11 Å². The molecule has 2 heterocycles. The number of likely N-dealkylation sites (tertiary alicyclic amines) is 1. The maximum atomic E-state index is 12.7. The number of carbonyl (C=O) groups excluding carboxylic acids is 2. The highest BCUT2D eigenvalue weighted by atomic mass is 32.1. The van der Waals surface area contributed by atoms with Crippen LogP contribution >= 0.6 is 11.3 Å². The molecule has 2 N–H and O–H groups in total. The zero-order valence-corrected chi connectivity index (χ0v) is 17.3. The van der Waals surface area contributed by atoms with Gasteiger partial charge in [0.15, 0.2) is 0 Å². The van der Waals surface area contributed by atoms with Crippen LogP contribution in [0.1, 0.15) is 33.6 Å². The minimum absolute atomic E-state index is 0.221. The number of methoxy groups -OCH3 is 1. The van der Waals surface area contributed by atoms with Crippen LogP contribution in [0.3, 0.4) is 0 Å². The summed E-state index contributed by atoms with van der Waals surface area (Å²) in [5, 5.41) is 15.0. The lowest BCUT2D eigenvalue weighted by Crippen LogP contribution is -2.52. The van der Waals surface area contributed by atoms with Crippen molar-refractivity contribution in [1.29, 1.82) is 0 Å². The molecule has 1 aromatic heterocycles. The first kappa shape index (κ1) is 20.1. The molecular weight excluding hydrogens is 378 g/mol. The number of benzene rings is 1. The number of nitrogens with one attached hydrogen (secondary N) is 2. The van der Waals surface area contributed by atoms with E-state index in [1.54, 1.807) is 12.0 Å². The molecule has 1 aliphatic rings. The normalized spacial score (nSPS) is 16.7. The smallest absolute Gasteiger partial charge is 0.318 e. The minimum Gasteiger partial charge on any atom is -0.497 e. The van der Waals surface area contributed by atoms with E-state index >= 15 is 0 Å². The molecule has 9 heteroatoms. The molecule has 1 unspecified atom stereocenters. The Hall–Kier alpha value is -2.68. The van der Waals surface area contributed by atoms with Gasteiger partial charge in [0, 0.05) is 17.6 Å². The standard InChI is InChI=1S/C19H25N5O3S/c1-19(2,3)21-18(26)24-11-5-6-14(24)15(25)20-17-23-22-16(28-17)12-7-9-13(27-4)10-8-12/h7-10,14H,5-6,11H2,1-4H3,(H,21,26)(H,20,23,25). The third-order valence-electron chi connectivity index (χ3n) is 4.29. The summed E-state index contributed by atoms with van der Waals surface area (Å²) in [6.07, 6.45) is 1.43. The average molecular weight is 404 g/mol. The van der Waals surface area contributed by atoms with E-state index < -0.39 is 6.04 Å². The van der Waals surface area contributed by atoms with E-state index in [4.69, 9.17) is 4.74 Å². The van der Waals surface area contributed by atoms with Crippen LogP contribution in [0.4, 0.5) is 9.93 Å². The van der Waals surface area contributed by atoms with Crippen LogP contribution in [0.15, 0.2) is 24.3 Å². The van der Waals surface area contributed by atoms with E-state index in [1.165, 1.54) is 11.3 Å². The van der Waals surface area contributed by atoms with Crippen molar-refractivity contribution in [3.8, 4) is 16.3 Å². The number of ether oxygens (including phenoxy) is 1. The molecule has 0 bridgehead atoms. The minimum atomic E-state index is -0.504. The van der Waals surface area contributed by atoms with E-state index in [0.717, 1.165) is 17.7 Å². The number of urea groups is 1. The summed E-state index contributed by atoms with van der Waals surface area (Å²) in [5.41, 5.74) is 0.540. The topological polar surface area (TPSA) is 96.5 Å². The largest absolute Gasteiger partial charge is 0.497 e. The van der Waals surface area contributed by atoms with Crippen molar-refractivity contribution < 1.29 is 14.3 Å². The maximum Gasteiger partial charge on any atom is 0.318 e. The Morgan fingerprint density at radius 3 is 2.57 bits per heavy atom. The molecule has 0 radical (unpaired) electrons. The van der Waals surface area contributed by atoms with Gasteiger partial charge in [0.1, 0.15) is 16.8 Å². The second-order valence-electron chi connectivity index (χ2n) is 7.66. The highest BCUT2D eigenvalue weighted by Gasteiger charge is 2.35. The molecule has 28 heavy (non-hydrogen) atoms. The maximum absolute atomic E-state index is 12.7. The number of anilines is 1. The zero-order chi connectivity index (χ0) is 20.3. The monoisotopic (exact) mass is 403 g/mol. The van der Waals surface area contributed by atoms with Gasteiger partial charge in [-0.2, -0.15) is 0 Å². The van der Waals surface area contributed by atoms with Crippen LogP contribution in [-0.2, 0) is 4.79 Å². The summed E-state index contributed by atoms with van der Waals surface area (Å²) >= 11 is 1.29. The van der Waals surface area contributed by atoms with Gasteiger partial charge in [-0.15, -0.1) is 10.2 Å². The molecule has 2 aromatic rings. The first-order valence-electron chi connectivity index (χ1n) is 9.14. The van der Waals surface area contributed by atoms with Crippen molar-refractivity contribution >= 4 is 28.4 Å². The molecule has 8 nitrogen and oxygen atoms in total. The number of aromatic nitrogens is 2. The fourth-order valence-electron chi connectivity index (χ4n) is 2.99. The van der Waals surface area contributed by atoms with Crippen molar-refractivity contribution in [3.05, 3.63) is 24.3 Å². The molecule has 1 fully saturated rings. The fraction of sp³-hybridized carbons (Fsp3) is 0.474. The molecule has 1 atom stereocenters. The SMILES string of the molecule is COc1ccc(-c2nnc(NC(=O)C3CCCN3C(=O)NC(C)(C)C)s2)cc1. The van der Waals surface area contributed by atoms with Crippen molar-refractivity contribution in [2.75, 3.05) is 19.0 Å². The lowest BCUT2D eigenvalue weighted by atomic mass is 10.1. The third kappa shape index (κ3) is 4.78. The van der Waals surface area contributed by atoms with Gasteiger partial charge in [-0.3, -0.25) is 10.1 Å². The number of nitrogens with zero attached hydrogens (tertiary/aromatic N) is 3. The van der Waals surface area contributed by atoms with Crippen molar-refractivity contribution in [3.63, 3.8) is 0 Å². The Morgan fingerprint density at radius 2 is 1.93 bits per heavy atom. The van der Waals surface area contributed by atoms with Gasteiger partial charge >= 0.3 is 6.03 Å². The lowest BCUT2D eigenvalue weighted by Gasteiger charge is -2.28. The van der Waals surface area contributed by atoms with Crippen LogP contribution in [0.2, 0.25) is 0 Å². The molecule has 150 valence electrons. The van der Waals surface area contributed by atoms with E-state index in [-0.39, 0.29) is 17.5 Å². The third-order valence-corrected chi connectivity index (χ3v) is 5.18. The van der Waals surface area contributed by atoms with E-state index in [1.807, 2.05) is 45.0 Å². The molecule has 1 aromatic carbocycles. The number of hydrogen-bond acceptors (Lipinski definition) is 6. The fourth-order valence-corrected chi connectivity index (χ4v) is 3.74. The van der Waals surface area contributed by atoms with E-state index in [9.17, 15) is 9.59 Å². The molecule has 0 spiro atoms. The molecular formula is C19H25N5O3S. The summed E-state index contributed by atoms with van der Waals surface area (Å²) in [6, 6.07) is 6.75. The quantitative estimate of drug-likeness (QED) is 0.818. The summed E-state index contributed by atoms with van der Waals surface area (Å²) in [6.45, 7) is 6.31. The van der Waals surface area contributed by atoms with Crippen LogP contribution in [0.5, 0.6) is 5.75 Å². The Balaban J connectivity index is 1.65. The van der Waals surface area contributed by atoms with Crippen LogP contribution < -0.4 is 15.4 Å². The van der Waals surface area contributed by atoms with Crippen molar-refractivity contribution in [1.82, 2.24) is 20.4 Å². The van der Waals surface area contributed by atoms with Gasteiger partial charge in [-0.25, -0.2) is 4.79 Å². The highest BCUT2D eigenvalue weighted by molar-refractivity contribution is 7.18. The van der Waals surface area contributed by atoms with E-state index in [2.05, 4.69) is 20.8 Å². The second kappa shape index (κ2) is 8.14. The summed E-state index contributed by atoms with van der Waals surface area (Å²) in [7, 11) is 1.61. The average Bonchev–Trinajstić information content (AvgIpc) is 3.30. The second-order valence-corrected chi connectivity index (χ2v) is 8.64. The highest BCUT2D eigenvalue weighted by Crippen LogP contribution is 2.28. The number of amides is 3. The lowest BCUT2D eigenvalue weighted by molar-refractivity contribution is -0.119. The Kier molecular flexibility index (Phi) is 5.83. The van der Waals surface area contributed by atoms with Crippen LogP contribution in [-0.4, -0.2) is 52.3 Å². The molecule has 3 amide bonds. The van der Waals surface area contributed by atoms with Crippen molar-refractivity contribution in [2.45, 2.75) is 45.2 Å². The first-order chi connectivity index (χ1) is 13.3. The van der Waals surface area contributed by atoms with Crippen LogP contribution in [0, 0.1) is 0 Å². The number of hydrogen-bond donors (Lipinski definition) is 2. The summed E-state index contributed by atoms with van der Waals surface area (Å²) in [4.78, 5) is 26.8. The first-order valence-corrected chi connectivity index (χ1v) is 9.96. The van der Waals surface area contributed by atoms with Crippen molar-refractivity contribution in [2.24, 2.45) is 0 Å². The Morgan fingerprint density at radius 1 is 1.21 bits per heavy atom. The van der Waals surface area contributed by atoms with Crippen LogP contribution in [0.25, 0.3) is 10.6 Å². The van der Waals surface area contributed by atoms with Gasteiger partial charge in [-0.1, -0.05) is 11.3 Å². The zero-order valence-electron chi connectivity index (χ0n) is 16.5. The Labute approximate surface area is 168 Å². The van der Waals surface area contributed by atoms with E-state index in [0.29, 0.717) is 23.1 Å². The Bertz CT molecular complexity index is 844. The van der Waals surface area contributed by atoms with Gasteiger partial charge < -0.3 is 15.0 Å². The molecule has 0 aliphatic carbocycles. The van der Waals surface area contributed by atoms with Gasteiger partial charge in [0.2, 0.25) is 11.0 Å². The van der Waals surface area contributed by atoms with Gasteiger partial charge in [0.25, 0.3) is 0 Å². The van der Waals surface area contributed by atoms with Gasteiger partial charge in [-0.05, 0) is 57.9 Å². The molecule has 1 saturated heterocycles. The molecule has 1 aliphatic heterocycles. The predicted octanol–water partition coefficient (Wildman–Crippen LogP) is 3.12. The summed E-state index contributed by atoms with van der Waals surface area (Å²) < 4.78 is 5.15. The summed E-state index contributed by atoms with van der Waals surface area (Å²) in [5.74, 6) is 0.524.